The Hall–Kier alpha value is -2.69. The van der Waals surface area contributed by atoms with Crippen molar-refractivity contribution in [2.24, 2.45) is 0 Å². The van der Waals surface area contributed by atoms with Gasteiger partial charge in [-0.1, -0.05) is 6.07 Å². The Morgan fingerprint density at radius 3 is 2.67 bits per heavy atom. The molecule has 1 aliphatic carbocycles. The molecule has 0 heterocycles. The lowest BCUT2D eigenvalue weighted by Gasteiger charge is -2.14. The first-order valence-corrected chi connectivity index (χ1v) is 8.17. The van der Waals surface area contributed by atoms with Gasteiger partial charge >= 0.3 is 0 Å². The zero-order chi connectivity index (χ0) is 16.9. The van der Waals surface area contributed by atoms with Crippen molar-refractivity contribution >= 4 is 17.3 Å². The Balaban J connectivity index is 1.69. The molecule has 5 heteroatoms. The highest BCUT2D eigenvalue weighted by Crippen LogP contribution is 2.26. The van der Waals surface area contributed by atoms with Crippen molar-refractivity contribution in [3.63, 3.8) is 0 Å². The Morgan fingerprint density at radius 2 is 1.96 bits per heavy atom. The van der Waals surface area contributed by atoms with E-state index in [2.05, 4.69) is 5.32 Å². The molecule has 126 valence electrons. The number of nitrogens with one attached hydrogen (secondary N) is 1. The summed E-state index contributed by atoms with van der Waals surface area (Å²) in [6.07, 6.45) is 4.86. The summed E-state index contributed by atoms with van der Waals surface area (Å²) in [7, 11) is 1.56. The number of amides is 1. The summed E-state index contributed by atoms with van der Waals surface area (Å²) in [5.41, 5.74) is 7.53. The fourth-order valence-electron chi connectivity index (χ4n) is 2.92. The van der Waals surface area contributed by atoms with Gasteiger partial charge in [0.05, 0.1) is 18.9 Å². The monoisotopic (exact) mass is 326 g/mol. The third kappa shape index (κ3) is 3.79. The normalized spacial score (nSPS) is 14.4. The van der Waals surface area contributed by atoms with Crippen LogP contribution in [0.2, 0.25) is 0 Å². The second-order valence-electron chi connectivity index (χ2n) is 5.96. The van der Waals surface area contributed by atoms with Crippen LogP contribution in [0.3, 0.4) is 0 Å². The average Bonchev–Trinajstić information content (AvgIpc) is 3.08. The highest BCUT2D eigenvalue weighted by Gasteiger charge is 2.17. The van der Waals surface area contributed by atoms with Gasteiger partial charge in [-0.2, -0.15) is 0 Å². The number of carbonyl (C=O) groups excluding carboxylic acids is 1. The van der Waals surface area contributed by atoms with Crippen LogP contribution in [0.1, 0.15) is 36.0 Å². The Bertz CT molecular complexity index is 724. The van der Waals surface area contributed by atoms with Crippen LogP contribution in [-0.4, -0.2) is 19.1 Å². The molecule has 1 aliphatic rings. The molecule has 0 unspecified atom stereocenters. The number of ether oxygens (including phenoxy) is 2. The molecule has 1 fully saturated rings. The van der Waals surface area contributed by atoms with Gasteiger partial charge in [-0.15, -0.1) is 0 Å². The van der Waals surface area contributed by atoms with Crippen LogP contribution in [0.4, 0.5) is 11.4 Å². The maximum Gasteiger partial charge on any atom is 0.255 e. The molecule has 0 radical (unpaired) electrons. The maximum atomic E-state index is 12.4. The summed E-state index contributed by atoms with van der Waals surface area (Å²) in [5, 5.41) is 2.84. The number of hydrogen-bond donors (Lipinski definition) is 2. The Kier molecular flexibility index (Phi) is 4.89. The average molecular weight is 326 g/mol. The number of nitrogen functional groups attached to an aromatic ring is 1. The predicted molar refractivity (Wildman–Crippen MR) is 94.7 cm³/mol. The predicted octanol–water partition coefficient (Wildman–Crippen LogP) is 3.85. The first-order chi connectivity index (χ1) is 11.7. The van der Waals surface area contributed by atoms with Gasteiger partial charge in [0.2, 0.25) is 0 Å². The molecule has 2 aromatic rings. The molecule has 24 heavy (non-hydrogen) atoms. The number of benzene rings is 2. The molecular weight excluding hydrogens is 304 g/mol. The maximum absolute atomic E-state index is 12.4. The van der Waals surface area contributed by atoms with E-state index in [1.165, 1.54) is 12.8 Å². The van der Waals surface area contributed by atoms with E-state index in [-0.39, 0.29) is 12.0 Å². The third-order valence-corrected chi connectivity index (χ3v) is 4.19. The Morgan fingerprint density at radius 1 is 1.17 bits per heavy atom. The molecule has 3 N–H and O–H groups in total. The summed E-state index contributed by atoms with van der Waals surface area (Å²) in [5.74, 6) is 1.13. The first-order valence-electron chi connectivity index (χ1n) is 8.17. The molecule has 0 bridgehead atoms. The molecule has 2 aromatic carbocycles. The van der Waals surface area contributed by atoms with Crippen LogP contribution in [0.15, 0.2) is 42.5 Å². The quantitative estimate of drug-likeness (QED) is 0.819. The van der Waals surface area contributed by atoms with E-state index in [1.54, 1.807) is 37.4 Å². The van der Waals surface area contributed by atoms with Crippen LogP contribution < -0.4 is 20.5 Å². The summed E-state index contributed by atoms with van der Waals surface area (Å²) >= 11 is 0. The molecule has 0 saturated heterocycles. The molecule has 3 rings (SSSR count). The van der Waals surface area contributed by atoms with Gasteiger partial charge in [-0.25, -0.2) is 0 Å². The highest BCUT2D eigenvalue weighted by molar-refractivity contribution is 6.04. The zero-order valence-corrected chi connectivity index (χ0v) is 13.7. The van der Waals surface area contributed by atoms with Crippen molar-refractivity contribution in [2.45, 2.75) is 31.8 Å². The summed E-state index contributed by atoms with van der Waals surface area (Å²) < 4.78 is 11.1. The van der Waals surface area contributed by atoms with E-state index in [0.29, 0.717) is 22.7 Å². The van der Waals surface area contributed by atoms with Gasteiger partial charge in [0.25, 0.3) is 5.91 Å². The van der Waals surface area contributed by atoms with E-state index in [1.807, 2.05) is 12.1 Å². The zero-order valence-electron chi connectivity index (χ0n) is 13.7. The number of hydrogen-bond acceptors (Lipinski definition) is 4. The van der Waals surface area contributed by atoms with Crippen molar-refractivity contribution in [2.75, 3.05) is 18.2 Å². The van der Waals surface area contributed by atoms with E-state index in [9.17, 15) is 4.79 Å². The number of anilines is 2. The van der Waals surface area contributed by atoms with Crippen molar-refractivity contribution in [3.8, 4) is 11.5 Å². The molecule has 0 spiro atoms. The number of carbonyl (C=O) groups is 1. The van der Waals surface area contributed by atoms with Gasteiger partial charge in [0.1, 0.15) is 11.5 Å². The number of nitrogens with two attached hydrogens (primary N) is 1. The van der Waals surface area contributed by atoms with E-state index in [4.69, 9.17) is 15.2 Å². The lowest BCUT2D eigenvalue weighted by molar-refractivity contribution is 0.102. The molecule has 1 saturated carbocycles. The largest absolute Gasteiger partial charge is 0.495 e. The molecule has 0 atom stereocenters. The lowest BCUT2D eigenvalue weighted by atomic mass is 10.2. The van der Waals surface area contributed by atoms with Gasteiger partial charge in [-0.05, 0) is 62.1 Å². The van der Waals surface area contributed by atoms with Crippen LogP contribution in [0.25, 0.3) is 0 Å². The van der Waals surface area contributed by atoms with Crippen LogP contribution in [0, 0.1) is 0 Å². The standard InChI is InChI=1S/C19H22N2O3/c1-23-18-10-9-14(12-17(18)20)21-19(22)13-5-4-8-16(11-13)24-15-6-2-3-7-15/h4-5,8-12,15H,2-3,6-7,20H2,1H3,(H,21,22). The summed E-state index contributed by atoms with van der Waals surface area (Å²) in [6.45, 7) is 0. The second-order valence-corrected chi connectivity index (χ2v) is 5.96. The minimum atomic E-state index is -0.198. The van der Waals surface area contributed by atoms with Crippen molar-refractivity contribution in [3.05, 3.63) is 48.0 Å². The van der Waals surface area contributed by atoms with Crippen LogP contribution in [0.5, 0.6) is 11.5 Å². The fraction of sp³-hybridized carbons (Fsp3) is 0.316. The Labute approximate surface area is 141 Å². The SMILES string of the molecule is COc1ccc(NC(=O)c2cccc(OC3CCCC3)c2)cc1N. The van der Waals surface area contributed by atoms with Gasteiger partial charge in [0, 0.05) is 11.3 Å². The number of methoxy groups -OCH3 is 1. The molecular formula is C19H22N2O3. The van der Waals surface area contributed by atoms with E-state index in [0.717, 1.165) is 18.6 Å². The highest BCUT2D eigenvalue weighted by atomic mass is 16.5. The lowest BCUT2D eigenvalue weighted by Crippen LogP contribution is -2.14. The van der Waals surface area contributed by atoms with E-state index >= 15 is 0 Å². The third-order valence-electron chi connectivity index (χ3n) is 4.19. The van der Waals surface area contributed by atoms with Crippen molar-refractivity contribution in [1.82, 2.24) is 0 Å². The first kappa shape index (κ1) is 16.2. The molecule has 0 aromatic heterocycles. The molecule has 5 nitrogen and oxygen atoms in total. The summed E-state index contributed by atoms with van der Waals surface area (Å²) in [6, 6.07) is 12.4. The number of rotatable bonds is 5. The van der Waals surface area contributed by atoms with Gasteiger partial charge in [-0.3, -0.25) is 4.79 Å². The van der Waals surface area contributed by atoms with Gasteiger partial charge in [0.15, 0.2) is 0 Å². The van der Waals surface area contributed by atoms with Crippen LogP contribution >= 0.6 is 0 Å². The summed E-state index contributed by atoms with van der Waals surface area (Å²) in [4.78, 5) is 12.4. The topological polar surface area (TPSA) is 73.6 Å². The minimum Gasteiger partial charge on any atom is -0.495 e. The van der Waals surface area contributed by atoms with Crippen molar-refractivity contribution in [1.29, 1.82) is 0 Å². The second kappa shape index (κ2) is 7.25. The molecule has 0 aliphatic heterocycles. The van der Waals surface area contributed by atoms with Crippen molar-refractivity contribution < 1.29 is 14.3 Å². The smallest absolute Gasteiger partial charge is 0.255 e. The van der Waals surface area contributed by atoms with Gasteiger partial charge < -0.3 is 20.5 Å². The van der Waals surface area contributed by atoms with Crippen LogP contribution in [-0.2, 0) is 0 Å². The minimum absolute atomic E-state index is 0.198. The van der Waals surface area contributed by atoms with E-state index < -0.39 is 0 Å². The molecule has 1 amide bonds. The fourth-order valence-corrected chi connectivity index (χ4v) is 2.92.